The third kappa shape index (κ3) is 5.77. The molecule has 0 saturated carbocycles. The van der Waals surface area contributed by atoms with Gasteiger partial charge >= 0.3 is 6.03 Å². The van der Waals surface area contributed by atoms with Gasteiger partial charge < -0.3 is 4.90 Å². The minimum Gasteiger partial charge on any atom is -0.315 e. The Balaban J connectivity index is 3.05. The van der Waals surface area contributed by atoms with E-state index < -0.39 is 16.1 Å². The van der Waals surface area contributed by atoms with Crippen LogP contribution in [0.4, 0.5) is 4.79 Å². The van der Waals surface area contributed by atoms with Crippen LogP contribution in [0.2, 0.25) is 0 Å². The molecule has 1 aromatic rings. The van der Waals surface area contributed by atoms with Gasteiger partial charge in [-0.3, -0.25) is 0 Å². The van der Waals surface area contributed by atoms with Crippen LogP contribution in [-0.2, 0) is 10.0 Å². The van der Waals surface area contributed by atoms with E-state index in [9.17, 15) is 13.2 Å². The van der Waals surface area contributed by atoms with Crippen LogP contribution >= 0.6 is 0 Å². The zero-order valence-corrected chi connectivity index (χ0v) is 16.5. The number of aromatic nitrogens is 3. The van der Waals surface area contributed by atoms with Crippen molar-refractivity contribution >= 4 is 16.1 Å². The Hall–Kier alpha value is -2.00. The van der Waals surface area contributed by atoms with Crippen molar-refractivity contribution in [3.63, 3.8) is 0 Å². The summed E-state index contributed by atoms with van der Waals surface area (Å²) in [5, 5.41) is 3.57. The van der Waals surface area contributed by atoms with Crippen molar-refractivity contribution in [2.45, 2.75) is 44.7 Å². The molecule has 0 N–H and O–H groups in total. The van der Waals surface area contributed by atoms with Crippen molar-refractivity contribution in [2.24, 2.45) is 0 Å². The first-order valence-corrected chi connectivity index (χ1v) is 10.3. The molecule has 1 aromatic heterocycles. The molecule has 26 heavy (non-hydrogen) atoms. The topological polar surface area (TPSA) is 88.4 Å². The van der Waals surface area contributed by atoms with Gasteiger partial charge in [0.25, 0.3) is 15.2 Å². The van der Waals surface area contributed by atoms with E-state index in [1.54, 1.807) is 12.2 Å². The van der Waals surface area contributed by atoms with Crippen LogP contribution in [0.1, 0.15) is 39.5 Å². The van der Waals surface area contributed by atoms with Crippen LogP contribution < -0.4 is 0 Å². The van der Waals surface area contributed by atoms with Crippen LogP contribution in [0.3, 0.4) is 0 Å². The number of rotatable bonds is 12. The fourth-order valence-electron chi connectivity index (χ4n) is 2.28. The third-order valence-electron chi connectivity index (χ3n) is 3.73. The van der Waals surface area contributed by atoms with E-state index in [4.69, 9.17) is 0 Å². The predicted molar refractivity (Wildman–Crippen MR) is 101 cm³/mol. The van der Waals surface area contributed by atoms with Crippen LogP contribution in [-0.4, -0.2) is 64.6 Å². The van der Waals surface area contributed by atoms with Crippen LogP contribution in [0.15, 0.2) is 36.8 Å². The molecule has 0 fully saturated rings. The number of hydrogen-bond acceptors (Lipinski definition) is 5. The van der Waals surface area contributed by atoms with E-state index in [0.29, 0.717) is 26.2 Å². The molecule has 0 aliphatic rings. The molecule has 0 spiro atoms. The SMILES string of the molecule is C=CCN(CC=C)C(=O)n1cnc(S(=O)(=O)N(CCCC)CCCC)n1. The normalized spacial score (nSPS) is 11.5. The molecular weight excluding hydrogens is 354 g/mol. The fraction of sp³-hybridized carbons (Fsp3) is 0.588. The van der Waals surface area contributed by atoms with E-state index >= 15 is 0 Å². The Labute approximate surface area is 156 Å². The Morgan fingerprint density at radius 2 is 1.69 bits per heavy atom. The van der Waals surface area contributed by atoms with E-state index in [1.807, 2.05) is 13.8 Å². The van der Waals surface area contributed by atoms with Gasteiger partial charge in [0.15, 0.2) is 0 Å². The molecule has 0 aliphatic heterocycles. The summed E-state index contributed by atoms with van der Waals surface area (Å²) in [7, 11) is -3.83. The largest absolute Gasteiger partial charge is 0.346 e. The Morgan fingerprint density at radius 3 is 2.15 bits per heavy atom. The second kappa shape index (κ2) is 10.9. The number of carbonyl (C=O) groups excluding carboxylic acids is 1. The quantitative estimate of drug-likeness (QED) is 0.518. The van der Waals surface area contributed by atoms with Crippen molar-refractivity contribution in [3.8, 4) is 0 Å². The second-order valence-corrected chi connectivity index (χ2v) is 7.68. The van der Waals surface area contributed by atoms with Crippen molar-refractivity contribution < 1.29 is 13.2 Å². The molecule has 0 atom stereocenters. The minimum absolute atomic E-state index is 0.298. The van der Waals surface area contributed by atoms with Gasteiger partial charge in [-0.2, -0.15) is 8.99 Å². The average Bonchev–Trinajstić information content (AvgIpc) is 3.11. The highest BCUT2D eigenvalue weighted by molar-refractivity contribution is 7.88. The Kier molecular flexibility index (Phi) is 9.22. The van der Waals surface area contributed by atoms with Gasteiger partial charge in [-0.25, -0.2) is 18.2 Å². The van der Waals surface area contributed by atoms with Gasteiger partial charge in [0.1, 0.15) is 6.33 Å². The highest BCUT2D eigenvalue weighted by Gasteiger charge is 2.29. The molecule has 1 heterocycles. The zero-order valence-electron chi connectivity index (χ0n) is 15.7. The highest BCUT2D eigenvalue weighted by Crippen LogP contribution is 2.13. The summed E-state index contributed by atoms with van der Waals surface area (Å²) in [5.41, 5.74) is 0. The fourth-order valence-corrected chi connectivity index (χ4v) is 3.62. The smallest absolute Gasteiger partial charge is 0.315 e. The molecule has 1 amide bonds. The van der Waals surface area contributed by atoms with Gasteiger partial charge in [0, 0.05) is 26.2 Å². The second-order valence-electron chi connectivity index (χ2n) is 5.85. The molecule has 9 heteroatoms. The van der Waals surface area contributed by atoms with Crippen molar-refractivity contribution in [1.82, 2.24) is 24.0 Å². The Bertz CT molecular complexity index is 681. The van der Waals surface area contributed by atoms with Crippen LogP contribution in [0, 0.1) is 0 Å². The lowest BCUT2D eigenvalue weighted by molar-refractivity contribution is 0.206. The van der Waals surface area contributed by atoms with Crippen LogP contribution in [0.25, 0.3) is 0 Å². The number of nitrogens with zero attached hydrogens (tertiary/aromatic N) is 5. The summed E-state index contributed by atoms with van der Waals surface area (Å²) in [6.45, 7) is 12.7. The van der Waals surface area contributed by atoms with E-state index in [0.717, 1.165) is 36.7 Å². The molecule has 0 saturated heterocycles. The summed E-state index contributed by atoms with van der Waals surface area (Å²) in [4.78, 5) is 17.8. The van der Waals surface area contributed by atoms with Gasteiger partial charge in [-0.15, -0.1) is 18.3 Å². The van der Waals surface area contributed by atoms with Gasteiger partial charge in [0.2, 0.25) is 0 Å². The maximum absolute atomic E-state index is 12.8. The molecule has 1 rings (SSSR count). The Morgan fingerprint density at radius 1 is 1.15 bits per heavy atom. The first-order chi connectivity index (χ1) is 12.4. The lowest BCUT2D eigenvalue weighted by Crippen LogP contribution is -2.36. The highest BCUT2D eigenvalue weighted by atomic mass is 32.2. The maximum atomic E-state index is 12.8. The summed E-state index contributed by atoms with van der Waals surface area (Å²) in [5.74, 6) is 0. The lowest BCUT2D eigenvalue weighted by Gasteiger charge is -2.20. The van der Waals surface area contributed by atoms with Gasteiger partial charge in [-0.1, -0.05) is 38.8 Å². The number of carbonyl (C=O) groups is 1. The number of sulfonamides is 1. The summed E-state index contributed by atoms with van der Waals surface area (Å²) < 4.78 is 28.0. The molecule has 0 radical (unpaired) electrons. The number of unbranched alkanes of at least 4 members (excludes halogenated alkanes) is 2. The molecular formula is C17H29N5O3S. The molecule has 0 aromatic carbocycles. The average molecular weight is 384 g/mol. The van der Waals surface area contributed by atoms with Crippen LogP contribution in [0.5, 0.6) is 0 Å². The first kappa shape index (κ1) is 22.0. The summed E-state index contributed by atoms with van der Waals surface area (Å²) in [6, 6.07) is -0.479. The van der Waals surface area contributed by atoms with Gasteiger partial charge in [0.05, 0.1) is 0 Å². The third-order valence-corrected chi connectivity index (χ3v) is 5.42. The van der Waals surface area contributed by atoms with Gasteiger partial charge in [-0.05, 0) is 12.8 Å². The predicted octanol–water partition coefficient (Wildman–Crippen LogP) is 2.51. The minimum atomic E-state index is -3.83. The zero-order chi connectivity index (χ0) is 19.6. The molecule has 146 valence electrons. The lowest BCUT2D eigenvalue weighted by atomic mass is 10.3. The maximum Gasteiger partial charge on any atom is 0.346 e. The molecule has 0 unspecified atom stereocenters. The summed E-state index contributed by atoms with van der Waals surface area (Å²) >= 11 is 0. The van der Waals surface area contributed by atoms with E-state index in [1.165, 1.54) is 9.21 Å². The van der Waals surface area contributed by atoms with E-state index in [2.05, 4.69) is 23.2 Å². The van der Waals surface area contributed by atoms with Crippen molar-refractivity contribution in [3.05, 3.63) is 31.6 Å². The standard InChI is InChI=1S/C17H29N5O3S/c1-5-9-13-21(14-10-6-2)26(24,25)16-18-15-22(19-16)17(23)20(11-7-3)12-8-4/h7-8,15H,3-6,9-14H2,1-2H3. The molecule has 8 nitrogen and oxygen atoms in total. The molecule has 0 aliphatic carbocycles. The molecule has 0 bridgehead atoms. The van der Waals surface area contributed by atoms with Crippen molar-refractivity contribution in [1.29, 1.82) is 0 Å². The monoisotopic (exact) mass is 383 g/mol. The number of amides is 1. The number of hydrogen-bond donors (Lipinski definition) is 0. The first-order valence-electron chi connectivity index (χ1n) is 8.85. The van der Waals surface area contributed by atoms with E-state index in [-0.39, 0.29) is 5.16 Å². The van der Waals surface area contributed by atoms with Crippen molar-refractivity contribution in [2.75, 3.05) is 26.2 Å². The summed E-state index contributed by atoms with van der Waals surface area (Å²) in [6.07, 6.45) is 7.57.